The summed E-state index contributed by atoms with van der Waals surface area (Å²) in [6, 6.07) is 0. The Kier molecular flexibility index (Phi) is 5.77. The molecule has 0 aromatic rings. The van der Waals surface area contributed by atoms with Crippen LogP contribution >= 0.6 is 0 Å². The zero-order chi connectivity index (χ0) is 22.2. The monoisotopic (exact) mass is 539 g/mol. The molecule has 5 saturated carbocycles. The van der Waals surface area contributed by atoms with Gasteiger partial charge in [-0.3, -0.25) is 0 Å². The van der Waals surface area contributed by atoms with Crippen LogP contribution in [0.1, 0.15) is 105 Å². The number of hydrogen-bond acceptors (Lipinski definition) is 1. The molecule has 1 nitrogen and oxygen atoms in total. The van der Waals surface area contributed by atoms with E-state index >= 15 is 0 Å². The summed E-state index contributed by atoms with van der Waals surface area (Å²) in [5.41, 5.74) is 1.61. The van der Waals surface area contributed by atoms with E-state index in [2.05, 4.69) is 45.3 Å². The van der Waals surface area contributed by atoms with Crippen molar-refractivity contribution in [1.29, 1.82) is 0 Å². The number of alkyl halides is 1. The maximum absolute atomic E-state index is 11.2. The van der Waals surface area contributed by atoms with Crippen molar-refractivity contribution >= 4 is 0 Å². The van der Waals surface area contributed by atoms with Gasteiger partial charge in [-0.2, -0.15) is 0 Å². The molecule has 2 bridgehead atoms. The molecular formula is C29H48IO-. The molecule has 0 radical (unpaired) electrons. The summed E-state index contributed by atoms with van der Waals surface area (Å²) in [5, 5.41) is 11.2. The molecular weight excluding hydrogens is 491 g/mol. The third-order valence-electron chi connectivity index (χ3n) is 12.6. The van der Waals surface area contributed by atoms with Crippen LogP contribution in [0.2, 0.25) is 0 Å². The Labute approximate surface area is 202 Å². The minimum absolute atomic E-state index is 0.107. The molecule has 178 valence electrons. The Morgan fingerprint density at radius 3 is 2.19 bits per heavy atom. The Bertz CT molecular complexity index is 720. The van der Waals surface area contributed by atoms with Crippen molar-refractivity contribution in [3.63, 3.8) is 0 Å². The van der Waals surface area contributed by atoms with Crippen LogP contribution in [0.15, 0.2) is 10.7 Å². The molecule has 0 aromatic carbocycles. The van der Waals surface area contributed by atoms with Crippen LogP contribution in [0.25, 0.3) is 0 Å². The second kappa shape index (κ2) is 7.72. The number of rotatable bonds is 2. The third kappa shape index (κ3) is 3.15. The fourth-order valence-corrected chi connectivity index (χ4v) is 14.1. The number of aliphatic hydroxyl groups excluding tert-OH is 1. The van der Waals surface area contributed by atoms with Crippen LogP contribution in [0, 0.1) is 51.8 Å². The third-order valence-corrected chi connectivity index (χ3v) is 15.9. The van der Waals surface area contributed by atoms with Gasteiger partial charge in [0, 0.05) is 0 Å². The number of halogens is 1. The Morgan fingerprint density at radius 1 is 0.774 bits per heavy atom. The summed E-state index contributed by atoms with van der Waals surface area (Å²) in [6.45, 7) is 17.4. The average Bonchev–Trinajstić information content (AvgIpc) is 3.01. The van der Waals surface area contributed by atoms with Gasteiger partial charge in [0.2, 0.25) is 0 Å². The normalized spacial score (nSPS) is 59.1. The van der Waals surface area contributed by atoms with Gasteiger partial charge in [0.15, 0.2) is 0 Å². The summed E-state index contributed by atoms with van der Waals surface area (Å²) >= 11 is -0.178. The number of hydrogen-bond donors (Lipinski definition) is 1. The summed E-state index contributed by atoms with van der Waals surface area (Å²) in [5.74, 6) is 5.23. The van der Waals surface area contributed by atoms with Gasteiger partial charge < -0.3 is 0 Å². The second-order valence-electron chi connectivity index (χ2n) is 13.5. The molecule has 10 unspecified atom stereocenters. The standard InChI is InChI=1S/C29H48IO/c1-7-30-29(6)24-13-12-20-19(2)21(28(24,5)16-14-25(29)31)10-11-23-22-9-8-15-26(22,3)17-18-27(20,23)4/h7,19-25,31H,1,8-18H2,2-6H3/q-1/t19?,20?,21?,22?,23?,24?,25-,26?,27?,28?,29?/m0/s1. The van der Waals surface area contributed by atoms with E-state index < -0.39 is 0 Å². The van der Waals surface area contributed by atoms with Crippen molar-refractivity contribution in [2.24, 2.45) is 51.8 Å². The van der Waals surface area contributed by atoms with Crippen LogP contribution < -0.4 is 21.2 Å². The summed E-state index contributed by atoms with van der Waals surface area (Å²) in [4.78, 5) is 0. The first kappa shape index (κ1) is 23.2. The van der Waals surface area contributed by atoms with Crippen molar-refractivity contribution in [2.75, 3.05) is 0 Å². The van der Waals surface area contributed by atoms with Crippen molar-refractivity contribution in [3.05, 3.63) is 10.7 Å². The SMILES string of the molecule is C=C[I-]C1(C)C2CCC3C(C)C(CCC4C5CCCC5(C)CCC34C)C2(C)CC[C@@H]1O. The Balaban J connectivity index is 1.55. The van der Waals surface area contributed by atoms with Gasteiger partial charge in [-0.05, 0) is 0 Å². The van der Waals surface area contributed by atoms with Gasteiger partial charge in [0.25, 0.3) is 0 Å². The van der Waals surface area contributed by atoms with Crippen molar-refractivity contribution < 1.29 is 26.3 Å². The second-order valence-corrected chi connectivity index (χ2v) is 17.3. The summed E-state index contributed by atoms with van der Waals surface area (Å²) in [6.07, 6.45) is 15.3. The number of aliphatic hydroxyl groups is 1. The van der Waals surface area contributed by atoms with E-state index in [0.29, 0.717) is 22.2 Å². The molecule has 0 aliphatic heterocycles. The predicted molar refractivity (Wildman–Crippen MR) is 126 cm³/mol. The Morgan fingerprint density at radius 2 is 1.45 bits per heavy atom. The molecule has 5 fully saturated rings. The molecule has 5 rings (SSSR count). The zero-order valence-electron chi connectivity index (χ0n) is 20.9. The van der Waals surface area contributed by atoms with Gasteiger partial charge in [0.05, 0.1) is 0 Å². The molecule has 5 aliphatic rings. The van der Waals surface area contributed by atoms with Gasteiger partial charge in [-0.15, -0.1) is 0 Å². The molecule has 31 heavy (non-hydrogen) atoms. The molecule has 5 aliphatic carbocycles. The van der Waals surface area contributed by atoms with Crippen molar-refractivity contribution in [1.82, 2.24) is 0 Å². The van der Waals surface area contributed by atoms with Gasteiger partial charge in [0.1, 0.15) is 0 Å². The fraction of sp³-hybridized carbons (Fsp3) is 0.931. The molecule has 0 spiro atoms. The van der Waals surface area contributed by atoms with E-state index in [4.69, 9.17) is 0 Å². The van der Waals surface area contributed by atoms with E-state index in [1.54, 1.807) is 0 Å². The molecule has 0 amide bonds. The van der Waals surface area contributed by atoms with E-state index in [9.17, 15) is 5.11 Å². The predicted octanol–water partition coefficient (Wildman–Crippen LogP) is 4.43. The quantitative estimate of drug-likeness (QED) is 0.407. The topological polar surface area (TPSA) is 20.2 Å². The van der Waals surface area contributed by atoms with E-state index in [0.717, 1.165) is 36.0 Å². The van der Waals surface area contributed by atoms with Gasteiger partial charge >= 0.3 is 203 Å². The molecule has 0 aromatic heterocycles. The molecule has 1 N–H and O–H groups in total. The van der Waals surface area contributed by atoms with Crippen LogP contribution in [0.3, 0.4) is 0 Å². The molecule has 0 saturated heterocycles. The zero-order valence-corrected chi connectivity index (χ0v) is 23.1. The van der Waals surface area contributed by atoms with Crippen LogP contribution in [0.5, 0.6) is 0 Å². The van der Waals surface area contributed by atoms with E-state index in [1.807, 2.05) is 0 Å². The minimum atomic E-state index is -0.178. The first-order valence-corrected chi connectivity index (χ1v) is 15.9. The van der Waals surface area contributed by atoms with Gasteiger partial charge in [-0.1, -0.05) is 0 Å². The Hall–Kier alpha value is 0.430. The van der Waals surface area contributed by atoms with Crippen LogP contribution in [-0.2, 0) is 0 Å². The van der Waals surface area contributed by atoms with Crippen molar-refractivity contribution in [3.8, 4) is 0 Å². The number of fused-ring (bicyclic) bond motifs is 8. The molecule has 0 heterocycles. The summed E-state index contributed by atoms with van der Waals surface area (Å²) < 4.78 is 2.33. The van der Waals surface area contributed by atoms with Crippen molar-refractivity contribution in [2.45, 2.75) is 115 Å². The van der Waals surface area contributed by atoms with Crippen LogP contribution in [0.4, 0.5) is 0 Å². The van der Waals surface area contributed by atoms with E-state index in [-0.39, 0.29) is 30.7 Å². The van der Waals surface area contributed by atoms with Gasteiger partial charge in [-0.25, -0.2) is 0 Å². The molecule has 11 atom stereocenters. The van der Waals surface area contributed by atoms with E-state index in [1.165, 1.54) is 64.2 Å². The van der Waals surface area contributed by atoms with Crippen LogP contribution in [-0.4, -0.2) is 14.6 Å². The molecule has 2 heteroatoms. The maximum atomic E-state index is 11.2. The average molecular weight is 540 g/mol. The first-order chi connectivity index (χ1) is 14.6. The fourth-order valence-electron chi connectivity index (χ4n) is 11.0. The first-order valence-electron chi connectivity index (χ1n) is 13.5. The summed E-state index contributed by atoms with van der Waals surface area (Å²) in [7, 11) is 0.